The molecule has 0 aliphatic rings. The molecule has 0 atom stereocenters. The Labute approximate surface area is 132 Å². The second kappa shape index (κ2) is 6.13. The van der Waals surface area contributed by atoms with Gasteiger partial charge < -0.3 is 4.74 Å². The largest absolute Gasteiger partial charge is 0.461 e. The Morgan fingerprint density at radius 2 is 2.00 bits per heavy atom. The minimum absolute atomic E-state index is 0.218. The number of carbonyl (C=O) groups excluding carboxylic acids is 1. The number of halogens is 1. The highest BCUT2D eigenvalue weighted by Crippen LogP contribution is 2.29. The molecule has 0 unspecified atom stereocenters. The van der Waals surface area contributed by atoms with E-state index in [2.05, 4.69) is 53.7 Å². The summed E-state index contributed by atoms with van der Waals surface area (Å²) in [7, 11) is 0. The van der Waals surface area contributed by atoms with Gasteiger partial charge in [0.25, 0.3) is 0 Å². The molecule has 21 heavy (non-hydrogen) atoms. The van der Waals surface area contributed by atoms with Crippen molar-refractivity contribution in [3.8, 4) is 0 Å². The van der Waals surface area contributed by atoms with Crippen LogP contribution >= 0.6 is 15.9 Å². The van der Waals surface area contributed by atoms with Crippen molar-refractivity contribution in [2.75, 3.05) is 6.61 Å². The van der Waals surface area contributed by atoms with Crippen LogP contribution in [0.3, 0.4) is 0 Å². The minimum Gasteiger partial charge on any atom is -0.461 e. The van der Waals surface area contributed by atoms with Gasteiger partial charge in [-0.2, -0.15) is 5.10 Å². The molecule has 5 nitrogen and oxygen atoms in total. The van der Waals surface area contributed by atoms with Gasteiger partial charge in [-0.3, -0.25) is 0 Å². The van der Waals surface area contributed by atoms with Gasteiger partial charge in [0.05, 0.1) is 16.8 Å². The Balaban J connectivity index is 2.71. The van der Waals surface area contributed by atoms with Gasteiger partial charge in [-0.25, -0.2) is 14.3 Å². The highest BCUT2D eigenvalue weighted by molar-refractivity contribution is 9.10. The first-order valence-electron chi connectivity index (χ1n) is 7.13. The normalized spacial score (nSPS) is 11.6. The van der Waals surface area contributed by atoms with E-state index < -0.39 is 5.97 Å². The number of aromatic nitrogens is 3. The quantitative estimate of drug-likeness (QED) is 0.781. The van der Waals surface area contributed by atoms with Gasteiger partial charge in [0.15, 0.2) is 11.3 Å². The molecule has 2 rings (SSSR count). The maximum atomic E-state index is 12.0. The monoisotopic (exact) mass is 353 g/mol. The third-order valence-corrected chi connectivity index (χ3v) is 3.97. The summed E-state index contributed by atoms with van der Waals surface area (Å²) in [6.45, 7) is 10.4. The number of esters is 1. The van der Waals surface area contributed by atoms with Crippen LogP contribution in [0, 0.1) is 0 Å². The maximum Gasteiger partial charge on any atom is 0.357 e. The molecule has 0 radical (unpaired) electrons. The predicted molar refractivity (Wildman–Crippen MR) is 84.8 cm³/mol. The van der Waals surface area contributed by atoms with E-state index in [1.54, 1.807) is 13.0 Å². The fraction of sp³-hybridized carbons (Fsp3) is 0.533. The lowest BCUT2D eigenvalue weighted by Crippen LogP contribution is -2.12. The molecule has 0 aliphatic heterocycles. The van der Waals surface area contributed by atoms with Crippen molar-refractivity contribution in [2.45, 2.75) is 46.5 Å². The SMILES string of the molecule is CCOC(=O)c1cc(C(C)C)n2nc(C(C)C)c(Br)c2n1. The van der Waals surface area contributed by atoms with E-state index in [1.165, 1.54) is 0 Å². The number of hydrogen-bond donors (Lipinski definition) is 0. The summed E-state index contributed by atoms with van der Waals surface area (Å²) in [5, 5.41) is 4.63. The van der Waals surface area contributed by atoms with Crippen LogP contribution in [0.15, 0.2) is 10.5 Å². The van der Waals surface area contributed by atoms with Gasteiger partial charge >= 0.3 is 5.97 Å². The average Bonchev–Trinajstić information content (AvgIpc) is 2.75. The number of fused-ring (bicyclic) bond motifs is 1. The van der Waals surface area contributed by atoms with Gasteiger partial charge in [0.2, 0.25) is 0 Å². The zero-order valence-corrected chi connectivity index (χ0v) is 14.6. The van der Waals surface area contributed by atoms with Gasteiger partial charge in [-0.1, -0.05) is 27.7 Å². The van der Waals surface area contributed by atoms with E-state index in [0.717, 1.165) is 15.9 Å². The third-order valence-electron chi connectivity index (χ3n) is 3.21. The van der Waals surface area contributed by atoms with Crippen molar-refractivity contribution >= 4 is 27.5 Å². The zero-order valence-electron chi connectivity index (χ0n) is 13.0. The molecule has 0 saturated carbocycles. The van der Waals surface area contributed by atoms with Crippen molar-refractivity contribution in [3.05, 3.63) is 27.6 Å². The first-order chi connectivity index (χ1) is 9.86. The number of carbonyl (C=O) groups is 1. The Bertz CT molecular complexity index is 677. The molecule has 2 heterocycles. The lowest BCUT2D eigenvalue weighted by Gasteiger charge is -2.10. The second-order valence-electron chi connectivity index (χ2n) is 5.53. The number of ether oxygens (including phenoxy) is 1. The summed E-state index contributed by atoms with van der Waals surface area (Å²) in [4.78, 5) is 16.4. The van der Waals surface area contributed by atoms with Crippen LogP contribution in [0.1, 0.15) is 68.3 Å². The topological polar surface area (TPSA) is 56.5 Å². The van der Waals surface area contributed by atoms with Gasteiger partial charge in [-0.15, -0.1) is 0 Å². The molecule has 114 valence electrons. The Morgan fingerprint density at radius 3 is 2.52 bits per heavy atom. The number of nitrogens with zero attached hydrogens (tertiary/aromatic N) is 3. The van der Waals surface area contributed by atoms with E-state index >= 15 is 0 Å². The predicted octanol–water partition coefficient (Wildman–Crippen LogP) is 3.92. The van der Waals surface area contributed by atoms with Gasteiger partial charge in [0, 0.05) is 5.69 Å². The first-order valence-corrected chi connectivity index (χ1v) is 7.92. The number of rotatable bonds is 4. The molecule has 0 aliphatic carbocycles. The summed E-state index contributed by atoms with van der Waals surface area (Å²) >= 11 is 3.56. The van der Waals surface area contributed by atoms with Crippen molar-refractivity contribution in [2.24, 2.45) is 0 Å². The highest BCUT2D eigenvalue weighted by Gasteiger charge is 2.21. The van der Waals surface area contributed by atoms with Crippen LogP contribution in [-0.4, -0.2) is 27.2 Å². The third kappa shape index (κ3) is 2.95. The molecule has 0 spiro atoms. The van der Waals surface area contributed by atoms with Gasteiger partial charge in [-0.05, 0) is 40.8 Å². The van der Waals surface area contributed by atoms with Crippen LogP contribution in [0.25, 0.3) is 5.65 Å². The molecular formula is C15H20BrN3O2. The lowest BCUT2D eigenvalue weighted by molar-refractivity contribution is 0.0519. The average molecular weight is 354 g/mol. The van der Waals surface area contributed by atoms with Crippen LogP contribution in [0.5, 0.6) is 0 Å². The van der Waals surface area contributed by atoms with Crippen molar-refractivity contribution in [1.82, 2.24) is 14.6 Å². The van der Waals surface area contributed by atoms with Crippen LogP contribution < -0.4 is 0 Å². The molecule has 0 fully saturated rings. The van der Waals surface area contributed by atoms with E-state index in [1.807, 2.05) is 4.52 Å². The Hall–Kier alpha value is -1.43. The summed E-state index contributed by atoms with van der Waals surface area (Å²) < 4.78 is 7.71. The van der Waals surface area contributed by atoms with Crippen LogP contribution in [-0.2, 0) is 4.74 Å². The van der Waals surface area contributed by atoms with Crippen molar-refractivity contribution in [1.29, 1.82) is 0 Å². The summed E-state index contributed by atoms with van der Waals surface area (Å²) in [6.07, 6.45) is 0. The summed E-state index contributed by atoms with van der Waals surface area (Å²) in [5.41, 5.74) is 2.86. The Morgan fingerprint density at radius 1 is 1.33 bits per heavy atom. The van der Waals surface area contributed by atoms with E-state index in [0.29, 0.717) is 17.9 Å². The molecular weight excluding hydrogens is 334 g/mol. The van der Waals surface area contributed by atoms with Crippen LogP contribution in [0.2, 0.25) is 0 Å². The standard InChI is InChI=1S/C15H20BrN3O2/c1-6-21-15(20)10-7-11(8(2)3)19-14(17-10)12(16)13(18-19)9(4)5/h7-9H,6H2,1-5H3. The molecule has 2 aromatic rings. The van der Waals surface area contributed by atoms with Crippen molar-refractivity contribution < 1.29 is 9.53 Å². The molecule has 0 amide bonds. The summed E-state index contributed by atoms with van der Waals surface area (Å²) in [6, 6.07) is 1.76. The smallest absolute Gasteiger partial charge is 0.357 e. The van der Waals surface area contributed by atoms with Crippen LogP contribution in [0.4, 0.5) is 0 Å². The molecule has 0 N–H and O–H groups in total. The van der Waals surface area contributed by atoms with Gasteiger partial charge in [0.1, 0.15) is 0 Å². The zero-order chi connectivity index (χ0) is 15.7. The summed E-state index contributed by atoms with van der Waals surface area (Å²) in [5.74, 6) is 0.0868. The lowest BCUT2D eigenvalue weighted by atomic mass is 10.1. The fourth-order valence-electron chi connectivity index (χ4n) is 2.12. The first kappa shape index (κ1) is 15.9. The van der Waals surface area contributed by atoms with E-state index in [4.69, 9.17) is 4.74 Å². The molecule has 6 heteroatoms. The maximum absolute atomic E-state index is 12.0. The molecule has 0 aromatic carbocycles. The highest BCUT2D eigenvalue weighted by atomic mass is 79.9. The van der Waals surface area contributed by atoms with E-state index in [9.17, 15) is 4.79 Å². The molecule has 0 bridgehead atoms. The second-order valence-corrected chi connectivity index (χ2v) is 6.32. The number of hydrogen-bond acceptors (Lipinski definition) is 4. The minimum atomic E-state index is -0.402. The Kier molecular flexibility index (Phi) is 4.66. The van der Waals surface area contributed by atoms with E-state index in [-0.39, 0.29) is 11.8 Å². The molecule has 2 aromatic heterocycles. The van der Waals surface area contributed by atoms with Crippen molar-refractivity contribution in [3.63, 3.8) is 0 Å². The fourth-order valence-corrected chi connectivity index (χ4v) is 2.91. The molecule has 0 saturated heterocycles.